The molecule has 0 fully saturated rings. The molecule has 0 aliphatic carbocycles. The summed E-state index contributed by atoms with van der Waals surface area (Å²) in [6, 6.07) is 10.4. The number of imidazole rings is 1. The first-order chi connectivity index (χ1) is 20.4. The number of hydrogen-bond acceptors (Lipinski definition) is 5. The van der Waals surface area contributed by atoms with Gasteiger partial charge in [-0.15, -0.1) is 0 Å². The maximum Gasteiger partial charge on any atom is 0.417 e. The van der Waals surface area contributed by atoms with Crippen molar-refractivity contribution < 1.29 is 18.0 Å². The lowest BCUT2D eigenvalue weighted by Crippen LogP contribution is -2.46. The number of amides is 1. The van der Waals surface area contributed by atoms with E-state index in [0.29, 0.717) is 16.9 Å². The van der Waals surface area contributed by atoms with Crippen LogP contribution in [0.3, 0.4) is 0 Å². The first kappa shape index (κ1) is 28.8. The molecule has 4 heterocycles. The second kappa shape index (κ2) is 10.5. The Labute approximate surface area is 252 Å². The summed E-state index contributed by atoms with van der Waals surface area (Å²) in [4.78, 5) is 38.6. The minimum absolute atomic E-state index is 0.0466. The molecular weight excluding hydrogens is 627 g/mol. The third kappa shape index (κ3) is 4.94. The van der Waals surface area contributed by atoms with E-state index in [9.17, 15) is 22.8 Å². The van der Waals surface area contributed by atoms with Crippen LogP contribution in [0.1, 0.15) is 52.4 Å². The second-order valence-corrected chi connectivity index (χ2v) is 11.6. The molecule has 2 aromatic carbocycles. The van der Waals surface area contributed by atoms with E-state index < -0.39 is 23.7 Å². The molecule has 1 atom stereocenters. The summed E-state index contributed by atoms with van der Waals surface area (Å²) in [6.45, 7) is 8.18. The highest BCUT2D eigenvalue weighted by Crippen LogP contribution is 2.36. The van der Waals surface area contributed by atoms with E-state index in [0.717, 1.165) is 35.0 Å². The molecule has 0 spiro atoms. The van der Waals surface area contributed by atoms with Crippen molar-refractivity contribution in [1.82, 2.24) is 33.8 Å². The molecule has 43 heavy (non-hydrogen) atoms. The topological polar surface area (TPSA) is 90.8 Å². The SMILES string of the molecule is CCn1cnc2cc(-n3c(-n4nc(C)cc4C)nc4c(c3=O)C[C@@H](C)N(C(=O)c3ccc(Br)c(C(F)(F)F)c3)C4)ccc21. The van der Waals surface area contributed by atoms with Crippen LogP contribution in [0, 0.1) is 13.8 Å². The van der Waals surface area contributed by atoms with Crippen LogP contribution >= 0.6 is 15.9 Å². The Morgan fingerprint density at radius 2 is 1.88 bits per heavy atom. The fraction of sp³-hybridized carbons (Fsp3) is 0.300. The predicted octanol–water partition coefficient (Wildman–Crippen LogP) is 5.77. The van der Waals surface area contributed by atoms with Crippen molar-refractivity contribution >= 4 is 32.9 Å². The molecule has 0 radical (unpaired) electrons. The number of aromatic nitrogens is 6. The van der Waals surface area contributed by atoms with Crippen molar-refractivity contribution in [2.24, 2.45) is 0 Å². The lowest BCUT2D eigenvalue weighted by atomic mass is 9.98. The van der Waals surface area contributed by atoms with Gasteiger partial charge in [0.15, 0.2) is 0 Å². The van der Waals surface area contributed by atoms with Crippen molar-refractivity contribution in [2.45, 2.75) is 59.4 Å². The van der Waals surface area contributed by atoms with Crippen molar-refractivity contribution in [2.75, 3.05) is 0 Å². The molecule has 0 bridgehead atoms. The molecule has 3 aromatic heterocycles. The Bertz CT molecular complexity index is 1980. The largest absolute Gasteiger partial charge is 0.417 e. The number of rotatable bonds is 4. The van der Waals surface area contributed by atoms with Crippen LogP contribution < -0.4 is 5.56 Å². The molecule has 0 N–H and O–H groups in total. The van der Waals surface area contributed by atoms with Gasteiger partial charge in [-0.2, -0.15) is 18.3 Å². The van der Waals surface area contributed by atoms with Gasteiger partial charge in [0.05, 0.1) is 46.5 Å². The zero-order chi connectivity index (χ0) is 30.8. The van der Waals surface area contributed by atoms with Crippen LogP contribution in [0.2, 0.25) is 0 Å². The number of aryl methyl sites for hydroxylation is 3. The quantitative estimate of drug-likeness (QED) is 0.246. The summed E-state index contributed by atoms with van der Waals surface area (Å²) >= 11 is 2.93. The third-order valence-electron chi connectivity index (χ3n) is 7.78. The molecule has 0 saturated carbocycles. The number of benzene rings is 2. The zero-order valence-electron chi connectivity index (χ0n) is 23.8. The number of carbonyl (C=O) groups is 1. The Hall–Kier alpha value is -4.26. The first-order valence-corrected chi connectivity index (χ1v) is 14.5. The van der Waals surface area contributed by atoms with Gasteiger partial charge in [0, 0.05) is 33.9 Å². The minimum atomic E-state index is -4.63. The van der Waals surface area contributed by atoms with Gasteiger partial charge >= 0.3 is 6.18 Å². The van der Waals surface area contributed by atoms with Crippen LogP contribution in [0.15, 0.2) is 58.1 Å². The molecule has 0 saturated heterocycles. The van der Waals surface area contributed by atoms with Gasteiger partial charge in [0.25, 0.3) is 11.5 Å². The molecule has 1 amide bonds. The van der Waals surface area contributed by atoms with E-state index in [1.54, 1.807) is 17.9 Å². The number of alkyl halides is 3. The van der Waals surface area contributed by atoms with E-state index in [-0.39, 0.29) is 34.5 Å². The van der Waals surface area contributed by atoms with Crippen LogP contribution in [0.25, 0.3) is 22.7 Å². The standard InChI is InChI=1S/C30H27BrF3N7O2/c1-5-38-15-35-24-13-20(7-9-26(24)38)40-28(43)21-11-17(3)39(14-25(21)36-29(40)41-18(4)10-16(2)37-41)27(42)19-6-8-23(31)22(12-19)30(32,33)34/h6-10,12-13,15,17H,5,11,14H2,1-4H3/t17-/m1/s1. The number of hydrogen-bond donors (Lipinski definition) is 0. The van der Waals surface area contributed by atoms with Crippen LogP contribution in [-0.2, 0) is 25.7 Å². The maximum absolute atomic E-state index is 14.2. The average molecular weight is 654 g/mol. The number of carbonyl (C=O) groups excluding carboxylic acids is 1. The highest BCUT2D eigenvalue weighted by atomic mass is 79.9. The van der Waals surface area contributed by atoms with E-state index in [2.05, 4.69) is 26.0 Å². The molecular formula is C30H27BrF3N7O2. The third-order valence-corrected chi connectivity index (χ3v) is 8.47. The second-order valence-electron chi connectivity index (χ2n) is 10.7. The number of nitrogens with zero attached hydrogens (tertiary/aromatic N) is 7. The molecule has 9 nitrogen and oxygen atoms in total. The fourth-order valence-corrected chi connectivity index (χ4v) is 6.08. The van der Waals surface area contributed by atoms with Crippen molar-refractivity contribution in [3.8, 4) is 11.6 Å². The van der Waals surface area contributed by atoms with Crippen LogP contribution in [0.5, 0.6) is 0 Å². The normalized spacial score (nSPS) is 15.3. The zero-order valence-corrected chi connectivity index (χ0v) is 25.4. The smallest absolute Gasteiger partial charge is 0.331 e. The van der Waals surface area contributed by atoms with Gasteiger partial charge in [-0.05, 0) is 76.6 Å². The lowest BCUT2D eigenvalue weighted by molar-refractivity contribution is -0.138. The summed E-state index contributed by atoms with van der Waals surface area (Å²) in [5.41, 5.74) is 3.18. The van der Waals surface area contributed by atoms with Crippen molar-refractivity contribution in [1.29, 1.82) is 0 Å². The van der Waals surface area contributed by atoms with E-state index in [1.807, 2.05) is 49.6 Å². The molecule has 222 valence electrons. The lowest BCUT2D eigenvalue weighted by Gasteiger charge is -2.34. The van der Waals surface area contributed by atoms with Crippen LogP contribution in [-0.4, -0.2) is 45.7 Å². The molecule has 0 unspecified atom stereocenters. The Morgan fingerprint density at radius 1 is 1.12 bits per heavy atom. The molecule has 1 aliphatic heterocycles. The molecule has 1 aliphatic rings. The molecule has 13 heteroatoms. The summed E-state index contributed by atoms with van der Waals surface area (Å²) < 4.78 is 45.6. The van der Waals surface area contributed by atoms with Crippen molar-refractivity contribution in [3.05, 3.63) is 97.4 Å². The van der Waals surface area contributed by atoms with Gasteiger partial charge in [-0.1, -0.05) is 15.9 Å². The summed E-state index contributed by atoms with van der Waals surface area (Å²) in [6.07, 6.45) is -2.70. The Balaban J connectivity index is 1.48. The highest BCUT2D eigenvalue weighted by Gasteiger charge is 2.36. The summed E-state index contributed by atoms with van der Waals surface area (Å²) in [7, 11) is 0. The van der Waals surface area contributed by atoms with Gasteiger partial charge in [-0.3, -0.25) is 9.59 Å². The van der Waals surface area contributed by atoms with E-state index in [4.69, 9.17) is 4.98 Å². The van der Waals surface area contributed by atoms with Gasteiger partial charge in [0.2, 0.25) is 5.95 Å². The first-order valence-electron chi connectivity index (χ1n) is 13.7. The molecule has 5 aromatic rings. The highest BCUT2D eigenvalue weighted by molar-refractivity contribution is 9.10. The number of fused-ring (bicyclic) bond motifs is 2. The minimum Gasteiger partial charge on any atom is -0.331 e. The van der Waals surface area contributed by atoms with Gasteiger partial charge in [-0.25, -0.2) is 19.2 Å². The van der Waals surface area contributed by atoms with Crippen LogP contribution in [0.4, 0.5) is 13.2 Å². The fourth-order valence-electron chi connectivity index (χ4n) is 5.61. The summed E-state index contributed by atoms with van der Waals surface area (Å²) in [5, 5.41) is 4.58. The maximum atomic E-state index is 14.2. The van der Waals surface area contributed by atoms with Gasteiger partial charge < -0.3 is 9.47 Å². The molecule has 6 rings (SSSR count). The summed E-state index contributed by atoms with van der Waals surface area (Å²) in [5.74, 6) is -0.333. The number of halogens is 4. The Kier molecular flexibility index (Phi) is 7.03. The van der Waals surface area contributed by atoms with E-state index >= 15 is 0 Å². The monoisotopic (exact) mass is 653 g/mol. The van der Waals surface area contributed by atoms with Crippen molar-refractivity contribution in [3.63, 3.8) is 0 Å². The van der Waals surface area contributed by atoms with Gasteiger partial charge in [0.1, 0.15) is 0 Å². The van der Waals surface area contributed by atoms with E-state index in [1.165, 1.54) is 21.6 Å². The predicted molar refractivity (Wildman–Crippen MR) is 158 cm³/mol. The average Bonchev–Trinajstić information content (AvgIpc) is 3.53. The Morgan fingerprint density at radius 3 is 2.56 bits per heavy atom.